The Labute approximate surface area is 197 Å². The summed E-state index contributed by atoms with van der Waals surface area (Å²) in [6.45, 7) is 14.7. The first-order chi connectivity index (χ1) is 13.9. The molecule has 8 heteroatoms. The van der Waals surface area contributed by atoms with Crippen molar-refractivity contribution in [3.63, 3.8) is 0 Å². The molecule has 1 aliphatic heterocycles. The molecule has 1 saturated heterocycles. The molecule has 1 aliphatic rings. The Morgan fingerprint density at radius 1 is 1.23 bits per heavy atom. The molecule has 3 rings (SSSR count). The second kappa shape index (κ2) is 11.7. The Hall–Kier alpha value is -1.55. The zero-order chi connectivity index (χ0) is 20.8. The fourth-order valence-corrected chi connectivity index (χ4v) is 3.63. The van der Waals surface area contributed by atoms with Crippen LogP contribution in [0.4, 0.5) is 0 Å². The Morgan fingerprint density at radius 2 is 1.97 bits per heavy atom. The van der Waals surface area contributed by atoms with Crippen LogP contribution in [0.5, 0.6) is 0 Å². The topological polar surface area (TPSA) is 78.8 Å². The summed E-state index contributed by atoms with van der Waals surface area (Å²) in [6, 6.07) is 4.09. The van der Waals surface area contributed by atoms with Crippen LogP contribution >= 0.6 is 24.0 Å². The van der Waals surface area contributed by atoms with Crippen molar-refractivity contribution >= 4 is 29.9 Å². The summed E-state index contributed by atoms with van der Waals surface area (Å²) in [7, 11) is 0. The van der Waals surface area contributed by atoms with E-state index < -0.39 is 0 Å². The SMILES string of the molecule is CCNC(=NCC1CCN(Cc2nc(C)c(C)o2)CC1)NC(C)c1ccc(C)o1.I. The van der Waals surface area contributed by atoms with Gasteiger partial charge in [-0.15, -0.1) is 24.0 Å². The van der Waals surface area contributed by atoms with Gasteiger partial charge in [-0.1, -0.05) is 0 Å². The molecule has 0 aromatic carbocycles. The summed E-state index contributed by atoms with van der Waals surface area (Å²) in [6.07, 6.45) is 2.29. The van der Waals surface area contributed by atoms with E-state index in [0.29, 0.717) is 5.92 Å². The molecular weight excluding hydrogens is 493 g/mol. The molecule has 0 spiro atoms. The number of halogens is 1. The van der Waals surface area contributed by atoms with Crippen LogP contribution < -0.4 is 10.6 Å². The highest BCUT2D eigenvalue weighted by Crippen LogP contribution is 2.20. The van der Waals surface area contributed by atoms with E-state index in [1.54, 1.807) is 0 Å². The predicted octanol–water partition coefficient (Wildman–Crippen LogP) is 4.34. The normalized spacial score (nSPS) is 16.9. The average molecular weight is 529 g/mol. The molecule has 168 valence electrons. The molecular formula is C22H36IN5O2. The standard InChI is InChI=1S/C22H35N5O2.HI/c1-6-23-22(26-17(4)20-8-7-15(2)28-20)24-13-19-9-11-27(12-10-19)14-21-25-16(3)18(5)29-21;/h7-8,17,19H,6,9-14H2,1-5H3,(H2,23,24,26);1H. The zero-order valence-corrected chi connectivity index (χ0v) is 21.2. The molecule has 1 atom stereocenters. The van der Waals surface area contributed by atoms with Crippen molar-refractivity contribution in [1.82, 2.24) is 20.5 Å². The molecule has 7 nitrogen and oxygen atoms in total. The van der Waals surface area contributed by atoms with Crippen molar-refractivity contribution in [2.75, 3.05) is 26.2 Å². The Bertz CT molecular complexity index is 789. The summed E-state index contributed by atoms with van der Waals surface area (Å²) in [4.78, 5) is 11.8. The summed E-state index contributed by atoms with van der Waals surface area (Å²) in [5.41, 5.74) is 0.992. The quantitative estimate of drug-likeness (QED) is 0.316. The summed E-state index contributed by atoms with van der Waals surface area (Å²) in [5.74, 6) is 5.07. The van der Waals surface area contributed by atoms with Crippen molar-refractivity contribution < 1.29 is 8.83 Å². The maximum absolute atomic E-state index is 5.73. The first-order valence-corrected chi connectivity index (χ1v) is 10.7. The highest BCUT2D eigenvalue weighted by molar-refractivity contribution is 14.0. The number of oxazole rings is 1. The van der Waals surface area contributed by atoms with E-state index in [4.69, 9.17) is 13.8 Å². The third-order valence-corrected chi connectivity index (χ3v) is 5.53. The van der Waals surface area contributed by atoms with E-state index in [1.807, 2.05) is 32.9 Å². The number of aromatic nitrogens is 1. The third-order valence-electron chi connectivity index (χ3n) is 5.53. The van der Waals surface area contributed by atoms with Crippen molar-refractivity contribution in [3.8, 4) is 0 Å². The molecule has 2 aromatic rings. The van der Waals surface area contributed by atoms with E-state index in [-0.39, 0.29) is 30.0 Å². The minimum atomic E-state index is 0. The Balaban J connectivity index is 0.00000320. The van der Waals surface area contributed by atoms with Crippen LogP contribution in [0, 0.1) is 26.7 Å². The molecule has 0 aliphatic carbocycles. The fourth-order valence-electron chi connectivity index (χ4n) is 3.63. The van der Waals surface area contributed by atoms with E-state index in [2.05, 4.69) is 34.4 Å². The van der Waals surface area contributed by atoms with Crippen LogP contribution in [0.15, 0.2) is 26.0 Å². The number of guanidine groups is 1. The highest BCUT2D eigenvalue weighted by atomic mass is 127. The monoisotopic (exact) mass is 529 g/mol. The Kier molecular flexibility index (Phi) is 9.67. The lowest BCUT2D eigenvalue weighted by Gasteiger charge is -2.30. The van der Waals surface area contributed by atoms with Gasteiger partial charge in [0.2, 0.25) is 5.89 Å². The Morgan fingerprint density at radius 3 is 2.53 bits per heavy atom. The fraction of sp³-hybridized carbons (Fsp3) is 0.636. The van der Waals surface area contributed by atoms with Crippen molar-refractivity contribution in [2.24, 2.45) is 10.9 Å². The summed E-state index contributed by atoms with van der Waals surface area (Å²) in [5, 5.41) is 6.80. The first kappa shape index (κ1) is 24.7. The molecule has 2 aromatic heterocycles. The summed E-state index contributed by atoms with van der Waals surface area (Å²) >= 11 is 0. The molecule has 1 fully saturated rings. The lowest BCUT2D eigenvalue weighted by molar-refractivity contribution is 0.166. The second-order valence-electron chi connectivity index (χ2n) is 8.00. The van der Waals surface area contributed by atoms with Gasteiger partial charge >= 0.3 is 0 Å². The number of aliphatic imine (C=N–C) groups is 1. The molecule has 0 amide bonds. The molecule has 0 radical (unpaired) electrons. The molecule has 0 bridgehead atoms. The van der Waals surface area contributed by atoms with E-state index in [9.17, 15) is 0 Å². The average Bonchev–Trinajstić information content (AvgIpc) is 3.26. The van der Waals surface area contributed by atoms with Gasteiger partial charge in [0.25, 0.3) is 0 Å². The van der Waals surface area contributed by atoms with Gasteiger partial charge < -0.3 is 19.5 Å². The minimum absolute atomic E-state index is 0. The molecule has 0 saturated carbocycles. The molecule has 3 heterocycles. The van der Waals surface area contributed by atoms with Gasteiger partial charge in [0.05, 0.1) is 18.3 Å². The number of piperidine rings is 1. The van der Waals surface area contributed by atoms with Gasteiger partial charge in [-0.25, -0.2) is 4.98 Å². The number of hydrogen-bond acceptors (Lipinski definition) is 5. The molecule has 30 heavy (non-hydrogen) atoms. The third kappa shape index (κ3) is 7.01. The van der Waals surface area contributed by atoms with E-state index >= 15 is 0 Å². The highest BCUT2D eigenvalue weighted by Gasteiger charge is 2.21. The van der Waals surface area contributed by atoms with Crippen LogP contribution in [0.1, 0.15) is 61.6 Å². The first-order valence-electron chi connectivity index (χ1n) is 10.7. The number of likely N-dealkylation sites (tertiary alicyclic amines) is 1. The second-order valence-corrected chi connectivity index (χ2v) is 8.00. The van der Waals surface area contributed by atoms with Crippen LogP contribution in [0.25, 0.3) is 0 Å². The van der Waals surface area contributed by atoms with Gasteiger partial charge in [0.15, 0.2) is 5.96 Å². The van der Waals surface area contributed by atoms with Gasteiger partial charge in [0.1, 0.15) is 17.3 Å². The van der Waals surface area contributed by atoms with Crippen molar-refractivity contribution in [3.05, 3.63) is 41.0 Å². The van der Waals surface area contributed by atoms with Crippen LogP contribution in [0.3, 0.4) is 0 Å². The van der Waals surface area contributed by atoms with Crippen molar-refractivity contribution in [2.45, 2.75) is 60.0 Å². The maximum atomic E-state index is 5.73. The number of hydrogen-bond donors (Lipinski definition) is 2. The van der Waals surface area contributed by atoms with Gasteiger partial charge in [-0.3, -0.25) is 9.89 Å². The predicted molar refractivity (Wildman–Crippen MR) is 130 cm³/mol. The number of rotatable bonds is 7. The smallest absolute Gasteiger partial charge is 0.208 e. The zero-order valence-electron chi connectivity index (χ0n) is 18.8. The number of nitrogens with one attached hydrogen (secondary N) is 2. The van der Waals surface area contributed by atoms with Crippen LogP contribution in [-0.4, -0.2) is 42.0 Å². The number of nitrogens with zero attached hydrogens (tertiary/aromatic N) is 3. The van der Waals surface area contributed by atoms with Gasteiger partial charge in [-0.05, 0) is 78.6 Å². The summed E-state index contributed by atoms with van der Waals surface area (Å²) < 4.78 is 11.5. The van der Waals surface area contributed by atoms with Crippen molar-refractivity contribution in [1.29, 1.82) is 0 Å². The van der Waals surface area contributed by atoms with Gasteiger partial charge in [0, 0.05) is 13.1 Å². The number of furan rings is 1. The molecule has 1 unspecified atom stereocenters. The van der Waals surface area contributed by atoms with Crippen LogP contribution in [-0.2, 0) is 6.54 Å². The maximum Gasteiger partial charge on any atom is 0.208 e. The lowest BCUT2D eigenvalue weighted by Crippen LogP contribution is -2.39. The van der Waals surface area contributed by atoms with E-state index in [1.165, 1.54) is 0 Å². The largest absolute Gasteiger partial charge is 0.464 e. The molecule has 2 N–H and O–H groups in total. The lowest BCUT2D eigenvalue weighted by atomic mass is 9.97. The minimum Gasteiger partial charge on any atom is -0.464 e. The number of aryl methyl sites for hydroxylation is 3. The van der Waals surface area contributed by atoms with Crippen LogP contribution in [0.2, 0.25) is 0 Å². The van der Waals surface area contributed by atoms with Gasteiger partial charge in [-0.2, -0.15) is 0 Å². The van der Waals surface area contributed by atoms with E-state index in [0.717, 1.165) is 80.4 Å².